The molecule has 25 heavy (non-hydrogen) atoms. The number of rotatable bonds is 6. The van der Waals surface area contributed by atoms with Crippen molar-refractivity contribution in [3.8, 4) is 11.5 Å². The van der Waals surface area contributed by atoms with Crippen molar-refractivity contribution in [3.63, 3.8) is 0 Å². The molecule has 7 nitrogen and oxygen atoms in total. The highest BCUT2D eigenvalue weighted by atomic mass is 32.1. The van der Waals surface area contributed by atoms with Crippen molar-refractivity contribution < 1.29 is 19.0 Å². The monoisotopic (exact) mass is 363 g/mol. The number of aromatic nitrogens is 1. The van der Waals surface area contributed by atoms with Gasteiger partial charge in [0.05, 0.1) is 39.7 Å². The lowest BCUT2D eigenvalue weighted by Crippen LogP contribution is -2.35. The second-order valence-electron chi connectivity index (χ2n) is 5.54. The van der Waals surface area contributed by atoms with Crippen molar-refractivity contribution in [3.05, 3.63) is 34.3 Å². The fraction of sp³-hybridized carbons (Fsp3) is 0.412. The molecule has 1 aromatic heterocycles. The second kappa shape index (κ2) is 8.28. The number of benzene rings is 1. The summed E-state index contributed by atoms with van der Waals surface area (Å²) in [4.78, 5) is 19.2. The molecule has 1 aromatic carbocycles. The van der Waals surface area contributed by atoms with Crippen LogP contribution in [0.5, 0.6) is 11.5 Å². The van der Waals surface area contributed by atoms with Crippen molar-refractivity contribution in [1.29, 1.82) is 0 Å². The number of hydrogen-bond acceptors (Lipinski definition) is 7. The highest BCUT2D eigenvalue weighted by molar-refractivity contribution is 7.09. The molecule has 0 unspecified atom stereocenters. The number of amides is 1. The van der Waals surface area contributed by atoms with E-state index in [0.29, 0.717) is 22.9 Å². The summed E-state index contributed by atoms with van der Waals surface area (Å²) in [7, 11) is 3.13. The Morgan fingerprint density at radius 1 is 1.32 bits per heavy atom. The molecule has 0 aliphatic carbocycles. The Kier molecular flexibility index (Phi) is 5.85. The molecule has 0 saturated carbocycles. The van der Waals surface area contributed by atoms with E-state index in [2.05, 4.69) is 15.2 Å². The van der Waals surface area contributed by atoms with Gasteiger partial charge < -0.3 is 19.5 Å². The lowest BCUT2D eigenvalue weighted by Gasteiger charge is -2.25. The van der Waals surface area contributed by atoms with Gasteiger partial charge in [0.2, 0.25) is 0 Å². The third-order valence-corrected chi connectivity index (χ3v) is 4.74. The van der Waals surface area contributed by atoms with Crippen molar-refractivity contribution in [1.82, 2.24) is 9.88 Å². The number of morpholine rings is 1. The maximum absolute atomic E-state index is 12.5. The Balaban J connectivity index is 1.67. The van der Waals surface area contributed by atoms with Gasteiger partial charge in [0, 0.05) is 24.5 Å². The standard InChI is InChI=1S/C17H21N3O4S/c1-22-12-3-4-15(23-2)13(9-12)19-17(21)14-11-25-16(18-14)10-20-5-7-24-8-6-20/h3-4,9,11H,5-8,10H2,1-2H3,(H,19,21). The first-order chi connectivity index (χ1) is 12.2. The van der Waals surface area contributed by atoms with E-state index in [9.17, 15) is 4.79 Å². The van der Waals surface area contributed by atoms with Gasteiger partial charge in [-0.3, -0.25) is 9.69 Å². The molecule has 8 heteroatoms. The Hall–Kier alpha value is -2.16. The Morgan fingerprint density at radius 3 is 2.84 bits per heavy atom. The summed E-state index contributed by atoms with van der Waals surface area (Å²) in [5.41, 5.74) is 0.952. The number of methoxy groups -OCH3 is 2. The van der Waals surface area contributed by atoms with Gasteiger partial charge in [-0.05, 0) is 12.1 Å². The Morgan fingerprint density at radius 2 is 2.12 bits per heavy atom. The molecule has 2 heterocycles. The molecule has 3 rings (SSSR count). The van der Waals surface area contributed by atoms with Crippen molar-refractivity contribution in [2.45, 2.75) is 6.54 Å². The zero-order chi connectivity index (χ0) is 17.6. The van der Waals surface area contributed by atoms with Crippen LogP contribution >= 0.6 is 11.3 Å². The number of carbonyl (C=O) groups is 1. The molecule has 1 aliphatic rings. The van der Waals surface area contributed by atoms with Gasteiger partial charge in [-0.2, -0.15) is 0 Å². The minimum atomic E-state index is -0.268. The topological polar surface area (TPSA) is 72.9 Å². The van der Waals surface area contributed by atoms with Crippen LogP contribution in [0, 0.1) is 0 Å². The highest BCUT2D eigenvalue weighted by Gasteiger charge is 2.17. The predicted octanol–water partition coefficient (Wildman–Crippen LogP) is 2.24. The maximum atomic E-state index is 12.5. The number of ether oxygens (including phenoxy) is 3. The average Bonchev–Trinajstić information content (AvgIpc) is 3.11. The van der Waals surface area contributed by atoms with Crippen LogP contribution in [0.25, 0.3) is 0 Å². The Labute approximate surface area is 150 Å². The van der Waals surface area contributed by atoms with Crippen LogP contribution < -0.4 is 14.8 Å². The van der Waals surface area contributed by atoms with E-state index < -0.39 is 0 Å². The van der Waals surface area contributed by atoms with Crippen LogP contribution in [0.2, 0.25) is 0 Å². The minimum Gasteiger partial charge on any atom is -0.497 e. The van der Waals surface area contributed by atoms with E-state index in [1.807, 2.05) is 0 Å². The zero-order valence-electron chi connectivity index (χ0n) is 14.3. The number of nitrogens with one attached hydrogen (secondary N) is 1. The van der Waals surface area contributed by atoms with Gasteiger partial charge >= 0.3 is 0 Å². The lowest BCUT2D eigenvalue weighted by molar-refractivity contribution is 0.0341. The SMILES string of the molecule is COc1ccc(OC)c(NC(=O)c2csc(CN3CCOCC3)n2)c1. The van der Waals surface area contributed by atoms with Gasteiger partial charge in [0.25, 0.3) is 5.91 Å². The fourth-order valence-electron chi connectivity index (χ4n) is 2.54. The molecule has 134 valence electrons. The summed E-state index contributed by atoms with van der Waals surface area (Å²) in [6.07, 6.45) is 0. The first-order valence-corrected chi connectivity index (χ1v) is 8.85. The highest BCUT2D eigenvalue weighted by Crippen LogP contribution is 2.29. The van der Waals surface area contributed by atoms with Gasteiger partial charge in [0.1, 0.15) is 22.2 Å². The van der Waals surface area contributed by atoms with E-state index in [1.165, 1.54) is 11.3 Å². The molecule has 1 N–H and O–H groups in total. The summed E-state index contributed by atoms with van der Waals surface area (Å²) in [5.74, 6) is 0.941. The summed E-state index contributed by atoms with van der Waals surface area (Å²) in [6, 6.07) is 5.24. The third kappa shape index (κ3) is 4.47. The van der Waals surface area contributed by atoms with Crippen molar-refractivity contribution >= 4 is 22.9 Å². The maximum Gasteiger partial charge on any atom is 0.275 e. The van der Waals surface area contributed by atoms with Crippen LogP contribution in [0.15, 0.2) is 23.6 Å². The average molecular weight is 363 g/mol. The zero-order valence-corrected chi connectivity index (χ0v) is 15.1. The number of anilines is 1. The van der Waals surface area contributed by atoms with E-state index in [1.54, 1.807) is 37.8 Å². The van der Waals surface area contributed by atoms with Gasteiger partial charge in [-0.25, -0.2) is 4.98 Å². The Bertz CT molecular complexity index is 728. The summed E-state index contributed by atoms with van der Waals surface area (Å²) >= 11 is 1.49. The number of hydrogen-bond donors (Lipinski definition) is 1. The molecule has 0 spiro atoms. The van der Waals surface area contributed by atoms with Gasteiger partial charge in [-0.1, -0.05) is 0 Å². The van der Waals surface area contributed by atoms with Crippen LogP contribution in [0.3, 0.4) is 0 Å². The van der Waals surface area contributed by atoms with E-state index in [0.717, 1.165) is 37.9 Å². The smallest absolute Gasteiger partial charge is 0.275 e. The first-order valence-electron chi connectivity index (χ1n) is 7.97. The van der Waals surface area contributed by atoms with Gasteiger partial charge in [-0.15, -0.1) is 11.3 Å². The normalized spacial score (nSPS) is 15.0. The van der Waals surface area contributed by atoms with E-state index in [-0.39, 0.29) is 5.91 Å². The summed E-state index contributed by atoms with van der Waals surface area (Å²) in [6.45, 7) is 4.01. The molecular weight excluding hydrogens is 342 g/mol. The molecular formula is C17H21N3O4S. The molecule has 1 amide bonds. The van der Waals surface area contributed by atoms with E-state index >= 15 is 0 Å². The lowest BCUT2D eigenvalue weighted by atomic mass is 10.2. The number of carbonyl (C=O) groups excluding carboxylic acids is 1. The molecule has 1 saturated heterocycles. The minimum absolute atomic E-state index is 0.268. The molecule has 2 aromatic rings. The summed E-state index contributed by atoms with van der Waals surface area (Å²) < 4.78 is 15.8. The number of thiazole rings is 1. The van der Waals surface area contributed by atoms with Gasteiger partial charge in [0.15, 0.2) is 0 Å². The van der Waals surface area contributed by atoms with Crippen molar-refractivity contribution in [2.75, 3.05) is 45.8 Å². The fourth-order valence-corrected chi connectivity index (χ4v) is 3.35. The van der Waals surface area contributed by atoms with Crippen molar-refractivity contribution in [2.24, 2.45) is 0 Å². The largest absolute Gasteiger partial charge is 0.497 e. The van der Waals surface area contributed by atoms with Crippen LogP contribution in [-0.2, 0) is 11.3 Å². The first kappa shape index (κ1) is 17.7. The van der Waals surface area contributed by atoms with Crippen LogP contribution in [0.1, 0.15) is 15.5 Å². The quantitative estimate of drug-likeness (QED) is 0.849. The predicted molar refractivity (Wildman–Crippen MR) is 95.7 cm³/mol. The van der Waals surface area contributed by atoms with E-state index in [4.69, 9.17) is 14.2 Å². The van der Waals surface area contributed by atoms with Crippen LogP contribution in [0.4, 0.5) is 5.69 Å². The molecule has 1 fully saturated rings. The number of nitrogens with zero attached hydrogens (tertiary/aromatic N) is 2. The molecule has 0 bridgehead atoms. The van der Waals surface area contributed by atoms with Crippen LogP contribution in [-0.4, -0.2) is 56.3 Å². The molecule has 1 aliphatic heterocycles. The second-order valence-corrected chi connectivity index (χ2v) is 6.48. The third-order valence-electron chi connectivity index (χ3n) is 3.90. The summed E-state index contributed by atoms with van der Waals surface area (Å²) in [5, 5.41) is 5.53. The molecule has 0 atom stereocenters. The molecule has 0 radical (unpaired) electrons.